The minimum Gasteiger partial charge on any atom is -0.359 e. The molecular formula is C16H21N3O2. The van der Waals surface area contributed by atoms with Gasteiger partial charge < -0.3 is 10.1 Å². The molecule has 1 amide bonds. The molecule has 0 aliphatic heterocycles. The molecule has 0 saturated carbocycles. The van der Waals surface area contributed by atoms with Crippen molar-refractivity contribution in [3.8, 4) is 0 Å². The van der Waals surface area contributed by atoms with Gasteiger partial charge in [-0.15, -0.1) is 0 Å². The molecule has 0 fully saturated rings. The molecule has 0 aliphatic carbocycles. The second kappa shape index (κ2) is 7.02. The Morgan fingerprint density at radius 2 is 2.29 bits per heavy atom. The van der Waals surface area contributed by atoms with Crippen LogP contribution in [0.15, 0.2) is 24.4 Å². The normalized spacial score (nSPS) is 12.3. The lowest BCUT2D eigenvalue weighted by molar-refractivity contribution is -0.121. The zero-order chi connectivity index (χ0) is 15.2. The van der Waals surface area contributed by atoms with Gasteiger partial charge in [0, 0.05) is 18.9 Å². The van der Waals surface area contributed by atoms with Crippen molar-refractivity contribution in [2.45, 2.75) is 38.6 Å². The molecule has 1 aromatic heterocycles. The van der Waals surface area contributed by atoms with E-state index in [1.807, 2.05) is 6.07 Å². The molecule has 112 valence electrons. The monoisotopic (exact) mass is 287 g/mol. The zero-order valence-corrected chi connectivity index (χ0v) is 12.5. The van der Waals surface area contributed by atoms with Crippen LogP contribution >= 0.6 is 0 Å². The van der Waals surface area contributed by atoms with E-state index in [2.05, 4.69) is 29.5 Å². The van der Waals surface area contributed by atoms with Gasteiger partial charge in [-0.2, -0.15) is 5.10 Å². The van der Waals surface area contributed by atoms with Crippen molar-refractivity contribution >= 4 is 23.1 Å². The van der Waals surface area contributed by atoms with Gasteiger partial charge in [-0.05, 0) is 30.5 Å². The number of carbonyl (C=O) groups is 2. The Kier molecular flexibility index (Phi) is 5.09. The van der Waals surface area contributed by atoms with Crippen LogP contribution < -0.4 is 5.32 Å². The summed E-state index contributed by atoms with van der Waals surface area (Å²) in [7, 11) is 1.59. The highest BCUT2D eigenvalue weighted by atomic mass is 16.1. The van der Waals surface area contributed by atoms with Crippen LogP contribution in [-0.4, -0.2) is 29.0 Å². The van der Waals surface area contributed by atoms with Crippen molar-refractivity contribution in [3.05, 3.63) is 30.0 Å². The number of benzene rings is 1. The highest BCUT2D eigenvalue weighted by molar-refractivity contribution is 5.81. The number of hydrogen-bond donors (Lipinski definition) is 1. The number of aryl methyl sites for hydroxylation is 1. The summed E-state index contributed by atoms with van der Waals surface area (Å²) in [5, 5.41) is 7.92. The number of hydrogen-bond acceptors (Lipinski definition) is 3. The molecule has 5 nitrogen and oxygen atoms in total. The molecule has 1 heterocycles. The van der Waals surface area contributed by atoms with Gasteiger partial charge in [0.25, 0.3) is 0 Å². The predicted octanol–water partition coefficient (Wildman–Crippen LogP) is 2.25. The van der Waals surface area contributed by atoms with E-state index in [9.17, 15) is 9.59 Å². The fourth-order valence-corrected chi connectivity index (χ4v) is 2.46. The van der Waals surface area contributed by atoms with Gasteiger partial charge >= 0.3 is 0 Å². The summed E-state index contributed by atoms with van der Waals surface area (Å²) in [4.78, 5) is 22.7. The van der Waals surface area contributed by atoms with E-state index in [1.54, 1.807) is 17.9 Å². The van der Waals surface area contributed by atoms with E-state index in [-0.39, 0.29) is 5.91 Å². The Balaban J connectivity index is 2.23. The van der Waals surface area contributed by atoms with Crippen LogP contribution in [0.4, 0.5) is 0 Å². The van der Waals surface area contributed by atoms with Crippen LogP contribution in [0.1, 0.15) is 37.8 Å². The average Bonchev–Trinajstić information content (AvgIpc) is 2.91. The smallest absolute Gasteiger partial charge is 0.219 e. The zero-order valence-electron chi connectivity index (χ0n) is 12.5. The first-order valence-corrected chi connectivity index (χ1v) is 7.31. The van der Waals surface area contributed by atoms with E-state index >= 15 is 0 Å². The Labute approximate surface area is 124 Å². The number of nitrogens with zero attached hydrogens (tertiary/aromatic N) is 2. The first kappa shape index (κ1) is 15.2. The van der Waals surface area contributed by atoms with Crippen LogP contribution in [0.3, 0.4) is 0 Å². The summed E-state index contributed by atoms with van der Waals surface area (Å²) < 4.78 is 1.71. The van der Waals surface area contributed by atoms with Gasteiger partial charge in [0.1, 0.15) is 12.3 Å². The topological polar surface area (TPSA) is 64.0 Å². The molecule has 21 heavy (non-hydrogen) atoms. The fourth-order valence-electron chi connectivity index (χ4n) is 2.46. The van der Waals surface area contributed by atoms with E-state index < -0.39 is 6.04 Å². The summed E-state index contributed by atoms with van der Waals surface area (Å²) in [6.07, 6.45) is 5.55. The van der Waals surface area contributed by atoms with E-state index in [0.29, 0.717) is 12.8 Å². The molecule has 1 unspecified atom stereocenters. The van der Waals surface area contributed by atoms with Gasteiger partial charge in [-0.1, -0.05) is 19.4 Å². The SMILES string of the molecule is CCCc1ccc2c(cnn2C(C=O)CCC(=O)NC)c1. The molecule has 1 aromatic carbocycles. The van der Waals surface area contributed by atoms with Crippen molar-refractivity contribution in [3.63, 3.8) is 0 Å². The van der Waals surface area contributed by atoms with E-state index in [1.165, 1.54) is 5.56 Å². The molecular weight excluding hydrogens is 266 g/mol. The number of rotatable bonds is 7. The van der Waals surface area contributed by atoms with Crippen LogP contribution in [0.2, 0.25) is 0 Å². The maximum Gasteiger partial charge on any atom is 0.219 e. The van der Waals surface area contributed by atoms with Crippen molar-refractivity contribution in [1.82, 2.24) is 15.1 Å². The maximum absolute atomic E-state index is 11.3. The number of aldehydes is 1. The summed E-state index contributed by atoms with van der Waals surface area (Å²) >= 11 is 0. The van der Waals surface area contributed by atoms with Gasteiger partial charge in [0.05, 0.1) is 11.7 Å². The van der Waals surface area contributed by atoms with Crippen LogP contribution in [0.5, 0.6) is 0 Å². The van der Waals surface area contributed by atoms with Crippen molar-refractivity contribution in [1.29, 1.82) is 0 Å². The first-order valence-electron chi connectivity index (χ1n) is 7.31. The number of amides is 1. The summed E-state index contributed by atoms with van der Waals surface area (Å²) in [6, 6.07) is 5.79. The lowest BCUT2D eigenvalue weighted by Crippen LogP contribution is -2.20. The van der Waals surface area contributed by atoms with Crippen LogP contribution in [0, 0.1) is 0 Å². The lowest BCUT2D eigenvalue weighted by Gasteiger charge is -2.12. The average molecular weight is 287 g/mol. The summed E-state index contributed by atoms with van der Waals surface area (Å²) in [5.74, 6) is -0.0662. The predicted molar refractivity (Wildman–Crippen MR) is 82.1 cm³/mol. The molecule has 0 aliphatic rings. The van der Waals surface area contributed by atoms with Crippen LogP contribution in [-0.2, 0) is 16.0 Å². The lowest BCUT2D eigenvalue weighted by atomic mass is 10.1. The van der Waals surface area contributed by atoms with Gasteiger partial charge in [-0.3, -0.25) is 9.48 Å². The highest BCUT2D eigenvalue weighted by Gasteiger charge is 2.15. The van der Waals surface area contributed by atoms with Crippen molar-refractivity contribution < 1.29 is 9.59 Å². The molecule has 0 radical (unpaired) electrons. The Bertz CT molecular complexity index is 633. The Hall–Kier alpha value is -2.17. The Morgan fingerprint density at radius 1 is 1.48 bits per heavy atom. The third kappa shape index (κ3) is 3.48. The largest absolute Gasteiger partial charge is 0.359 e. The third-order valence-corrected chi connectivity index (χ3v) is 3.62. The molecule has 0 saturated heterocycles. The second-order valence-electron chi connectivity index (χ2n) is 5.15. The highest BCUT2D eigenvalue weighted by Crippen LogP contribution is 2.21. The Morgan fingerprint density at radius 3 is 2.95 bits per heavy atom. The van der Waals surface area contributed by atoms with Gasteiger partial charge in [0.2, 0.25) is 5.91 Å². The first-order chi connectivity index (χ1) is 10.2. The van der Waals surface area contributed by atoms with Gasteiger partial charge in [0.15, 0.2) is 0 Å². The molecule has 0 spiro atoms. The van der Waals surface area contributed by atoms with Gasteiger partial charge in [-0.25, -0.2) is 0 Å². The quantitative estimate of drug-likeness (QED) is 0.794. The fraction of sp³-hybridized carbons (Fsp3) is 0.438. The molecule has 1 atom stereocenters. The molecule has 1 N–H and O–H groups in total. The number of aromatic nitrogens is 2. The van der Waals surface area contributed by atoms with E-state index in [0.717, 1.165) is 30.0 Å². The summed E-state index contributed by atoms with van der Waals surface area (Å²) in [5.41, 5.74) is 2.21. The summed E-state index contributed by atoms with van der Waals surface area (Å²) in [6.45, 7) is 2.15. The number of fused-ring (bicyclic) bond motifs is 1. The van der Waals surface area contributed by atoms with Crippen LogP contribution in [0.25, 0.3) is 10.9 Å². The minimum atomic E-state index is -0.406. The maximum atomic E-state index is 11.3. The third-order valence-electron chi connectivity index (χ3n) is 3.62. The standard InChI is InChI=1S/C16H21N3O2/c1-3-4-12-5-7-15-13(9-12)10-18-19(15)14(11-20)6-8-16(21)17-2/h5,7,9-11,14H,3-4,6,8H2,1-2H3,(H,17,21). The molecule has 2 rings (SSSR count). The molecule has 5 heteroatoms. The van der Waals surface area contributed by atoms with Crippen molar-refractivity contribution in [2.75, 3.05) is 7.05 Å². The molecule has 2 aromatic rings. The molecule has 0 bridgehead atoms. The number of carbonyl (C=O) groups excluding carboxylic acids is 2. The van der Waals surface area contributed by atoms with E-state index in [4.69, 9.17) is 0 Å². The van der Waals surface area contributed by atoms with Crippen molar-refractivity contribution in [2.24, 2.45) is 0 Å². The minimum absolute atomic E-state index is 0.0662. The number of nitrogens with one attached hydrogen (secondary N) is 1. The second-order valence-corrected chi connectivity index (χ2v) is 5.15.